The lowest BCUT2D eigenvalue weighted by Crippen LogP contribution is -2.25. The molecule has 0 aliphatic rings. The van der Waals surface area contributed by atoms with Gasteiger partial charge in [0.05, 0.1) is 5.39 Å². The fraction of sp³-hybridized carbons (Fsp3) is 0.118. The minimum atomic E-state index is -0.987. The van der Waals surface area contributed by atoms with Gasteiger partial charge < -0.3 is 10.2 Å². The van der Waals surface area contributed by atoms with Gasteiger partial charge in [-0.25, -0.2) is 14.2 Å². The Bertz CT molecular complexity index is 973. The molecule has 0 aliphatic heterocycles. The van der Waals surface area contributed by atoms with Crippen LogP contribution in [0, 0.1) is 5.82 Å². The van der Waals surface area contributed by atoms with Gasteiger partial charge in [0, 0.05) is 5.02 Å². The minimum Gasteiger partial charge on any atom is -0.407 e. The molecule has 1 aromatic heterocycles. The molecule has 1 atom stereocenters. The molecule has 0 fully saturated rings. The van der Waals surface area contributed by atoms with Crippen LogP contribution in [0.15, 0.2) is 51.7 Å². The molecule has 0 saturated heterocycles. The second-order valence-corrected chi connectivity index (χ2v) is 5.70. The highest BCUT2D eigenvalue weighted by atomic mass is 35.5. The zero-order valence-electron chi connectivity index (χ0n) is 12.3. The summed E-state index contributed by atoms with van der Waals surface area (Å²) in [6.45, 7) is 0. The number of carbonyl (C=O) groups is 1. The van der Waals surface area contributed by atoms with Gasteiger partial charge in [0.25, 0.3) is 0 Å². The number of amides is 1. The fourth-order valence-electron chi connectivity index (χ4n) is 2.43. The Balaban J connectivity index is 2.12. The monoisotopic (exact) mass is 346 g/mol. The van der Waals surface area contributed by atoms with Crippen molar-refractivity contribution in [2.45, 2.75) is 12.3 Å². The number of halogens is 2. The van der Waals surface area contributed by atoms with Gasteiger partial charge in [0.1, 0.15) is 11.4 Å². The van der Waals surface area contributed by atoms with Gasteiger partial charge in [0.15, 0.2) is 5.82 Å². The molecule has 0 aliphatic carbocycles. The molecule has 24 heavy (non-hydrogen) atoms. The highest BCUT2D eigenvalue weighted by molar-refractivity contribution is 6.31. The molecule has 3 aromatic rings. The number of nitrogens with two attached hydrogens (primary N) is 1. The first kappa shape index (κ1) is 16.1. The van der Waals surface area contributed by atoms with Gasteiger partial charge in [-0.15, -0.1) is 0 Å². The van der Waals surface area contributed by atoms with E-state index in [1.807, 2.05) is 6.07 Å². The predicted octanol–water partition coefficient (Wildman–Crippen LogP) is 2.79. The van der Waals surface area contributed by atoms with Gasteiger partial charge >= 0.3 is 5.63 Å². The summed E-state index contributed by atoms with van der Waals surface area (Å²) >= 11 is 5.73. The van der Waals surface area contributed by atoms with Crippen molar-refractivity contribution in [2.75, 3.05) is 0 Å². The van der Waals surface area contributed by atoms with Crippen molar-refractivity contribution in [3.8, 4) is 0 Å². The van der Waals surface area contributed by atoms with Crippen molar-refractivity contribution >= 4 is 28.4 Å². The number of benzene rings is 2. The van der Waals surface area contributed by atoms with Crippen LogP contribution in [-0.2, 0) is 11.2 Å². The summed E-state index contributed by atoms with van der Waals surface area (Å²) in [5.41, 5.74) is 5.20. The quantitative estimate of drug-likeness (QED) is 0.787. The Kier molecular flexibility index (Phi) is 4.31. The normalized spacial score (nSPS) is 12.2. The Hall–Kier alpha value is -2.73. The number of fused-ring (bicyclic) bond motifs is 1. The van der Waals surface area contributed by atoms with E-state index < -0.39 is 23.3 Å². The Morgan fingerprint density at radius 2 is 2.00 bits per heavy atom. The Morgan fingerprint density at radius 1 is 1.29 bits per heavy atom. The lowest BCUT2D eigenvalue weighted by atomic mass is 9.98. The maximum Gasteiger partial charge on any atom is 0.347 e. The van der Waals surface area contributed by atoms with Gasteiger partial charge in [-0.2, -0.15) is 0 Å². The Morgan fingerprint density at radius 3 is 2.67 bits per heavy atom. The number of carbonyl (C=O) groups excluding carboxylic acids is 1. The highest BCUT2D eigenvalue weighted by Crippen LogP contribution is 2.23. The van der Waals surface area contributed by atoms with Gasteiger partial charge in [-0.05, 0) is 24.1 Å². The Labute approximate surface area is 140 Å². The second kappa shape index (κ2) is 6.41. The molecular formula is C17H12ClFN2O3. The molecule has 5 nitrogen and oxygen atoms in total. The summed E-state index contributed by atoms with van der Waals surface area (Å²) in [6, 6.07) is 11.3. The largest absolute Gasteiger partial charge is 0.407 e. The summed E-state index contributed by atoms with van der Waals surface area (Å²) in [5.74, 6) is -2.69. The second-order valence-electron chi connectivity index (χ2n) is 5.27. The zero-order chi connectivity index (χ0) is 17.3. The topological polar surface area (TPSA) is 86.2 Å². The molecule has 1 heterocycles. The predicted molar refractivity (Wildman–Crippen MR) is 87.3 cm³/mol. The van der Waals surface area contributed by atoms with Crippen LogP contribution >= 0.6 is 11.6 Å². The molecular weight excluding hydrogens is 335 g/mol. The third-order valence-corrected chi connectivity index (χ3v) is 3.81. The van der Waals surface area contributed by atoms with Crippen LogP contribution in [0.1, 0.15) is 17.4 Å². The maximum absolute atomic E-state index is 14.1. The molecule has 122 valence electrons. The average Bonchev–Trinajstić information content (AvgIpc) is 2.54. The SMILES string of the molecule is NC(=O)[C@H](Cc1ccccc1)c1nc2c(F)cc(Cl)cc2c(=O)o1. The molecule has 1 amide bonds. The van der Waals surface area contributed by atoms with E-state index in [0.717, 1.165) is 11.6 Å². The highest BCUT2D eigenvalue weighted by Gasteiger charge is 2.25. The zero-order valence-corrected chi connectivity index (χ0v) is 13.1. The molecule has 7 heteroatoms. The lowest BCUT2D eigenvalue weighted by Gasteiger charge is -2.12. The van der Waals surface area contributed by atoms with Crippen LogP contribution in [0.25, 0.3) is 10.9 Å². The summed E-state index contributed by atoms with van der Waals surface area (Å²) in [7, 11) is 0. The van der Waals surface area contributed by atoms with Crippen LogP contribution in [-0.4, -0.2) is 10.9 Å². The van der Waals surface area contributed by atoms with Crippen LogP contribution in [0.4, 0.5) is 4.39 Å². The minimum absolute atomic E-state index is 0.0533. The third kappa shape index (κ3) is 3.14. The van der Waals surface area contributed by atoms with Crippen LogP contribution in [0.3, 0.4) is 0 Å². The van der Waals surface area contributed by atoms with E-state index in [9.17, 15) is 14.0 Å². The molecule has 2 aromatic carbocycles. The van der Waals surface area contributed by atoms with Crippen molar-refractivity contribution in [3.05, 3.63) is 75.2 Å². The van der Waals surface area contributed by atoms with E-state index in [1.54, 1.807) is 24.3 Å². The lowest BCUT2D eigenvalue weighted by molar-refractivity contribution is -0.119. The van der Waals surface area contributed by atoms with Crippen molar-refractivity contribution in [1.82, 2.24) is 4.98 Å². The van der Waals surface area contributed by atoms with Crippen molar-refractivity contribution in [1.29, 1.82) is 0 Å². The maximum atomic E-state index is 14.1. The molecule has 3 rings (SSSR count). The first-order valence-corrected chi connectivity index (χ1v) is 7.46. The number of hydrogen-bond donors (Lipinski definition) is 1. The number of hydrogen-bond acceptors (Lipinski definition) is 4. The van der Waals surface area contributed by atoms with Crippen LogP contribution in [0.2, 0.25) is 5.02 Å². The summed E-state index contributed by atoms with van der Waals surface area (Å²) < 4.78 is 19.2. The van der Waals surface area contributed by atoms with E-state index in [2.05, 4.69) is 4.98 Å². The van der Waals surface area contributed by atoms with E-state index >= 15 is 0 Å². The first-order chi connectivity index (χ1) is 11.5. The summed E-state index contributed by atoms with van der Waals surface area (Å²) in [5, 5.41) is -0.0377. The van der Waals surface area contributed by atoms with Crippen molar-refractivity contribution in [3.63, 3.8) is 0 Å². The summed E-state index contributed by atoms with van der Waals surface area (Å²) in [6.07, 6.45) is 0.187. The fourth-order valence-corrected chi connectivity index (χ4v) is 2.63. The van der Waals surface area contributed by atoms with Gasteiger partial charge in [-0.3, -0.25) is 4.79 Å². The summed E-state index contributed by atoms with van der Waals surface area (Å²) in [4.78, 5) is 27.9. The molecule has 0 radical (unpaired) electrons. The van der Waals surface area contributed by atoms with E-state index in [1.165, 1.54) is 6.07 Å². The van der Waals surface area contributed by atoms with E-state index in [-0.39, 0.29) is 28.2 Å². The molecule has 0 unspecified atom stereocenters. The first-order valence-electron chi connectivity index (χ1n) is 7.08. The standard InChI is InChI=1S/C17H12ClFN2O3/c18-10-7-11-14(13(19)8-10)21-16(24-17(11)23)12(15(20)22)6-9-4-2-1-3-5-9/h1-5,7-8,12H,6H2,(H2,20,22)/t12-/m0/s1. The number of nitrogens with zero attached hydrogens (tertiary/aromatic N) is 1. The molecule has 0 spiro atoms. The van der Waals surface area contributed by atoms with E-state index in [4.69, 9.17) is 21.8 Å². The average molecular weight is 347 g/mol. The van der Waals surface area contributed by atoms with Crippen molar-refractivity contribution < 1.29 is 13.6 Å². The van der Waals surface area contributed by atoms with Crippen LogP contribution in [0.5, 0.6) is 0 Å². The van der Waals surface area contributed by atoms with Crippen LogP contribution < -0.4 is 11.4 Å². The third-order valence-electron chi connectivity index (χ3n) is 3.59. The van der Waals surface area contributed by atoms with E-state index in [0.29, 0.717) is 0 Å². The number of rotatable bonds is 4. The number of primary amides is 1. The molecule has 0 saturated carbocycles. The van der Waals surface area contributed by atoms with Crippen molar-refractivity contribution in [2.24, 2.45) is 5.73 Å². The van der Waals surface area contributed by atoms with Gasteiger partial charge in [-0.1, -0.05) is 41.9 Å². The van der Waals surface area contributed by atoms with Gasteiger partial charge in [0.2, 0.25) is 11.8 Å². The smallest absolute Gasteiger partial charge is 0.347 e. The molecule has 0 bridgehead atoms. The number of aromatic nitrogens is 1. The molecule has 2 N–H and O–H groups in total.